The van der Waals surface area contributed by atoms with Crippen molar-refractivity contribution in [3.63, 3.8) is 0 Å². The van der Waals surface area contributed by atoms with Gasteiger partial charge in [0.2, 0.25) is 0 Å². The predicted molar refractivity (Wildman–Crippen MR) is 75.8 cm³/mol. The summed E-state index contributed by atoms with van der Waals surface area (Å²) < 4.78 is 2.14. The molecule has 2 rings (SSSR count). The van der Waals surface area contributed by atoms with Crippen molar-refractivity contribution in [2.45, 2.75) is 32.7 Å². The van der Waals surface area contributed by atoms with Gasteiger partial charge in [-0.05, 0) is 49.1 Å². The smallest absolute Gasteiger partial charge is 0.0610 e. The first kappa shape index (κ1) is 13.1. The highest BCUT2D eigenvalue weighted by Crippen LogP contribution is 2.24. The van der Waals surface area contributed by atoms with Crippen LogP contribution in [-0.4, -0.2) is 22.8 Å². The number of aryl methyl sites for hydroxylation is 2. The molecule has 98 valence electrons. The van der Waals surface area contributed by atoms with Crippen LogP contribution >= 0.6 is 0 Å². The van der Waals surface area contributed by atoms with Crippen molar-refractivity contribution < 1.29 is 5.11 Å². The molecule has 3 N–H and O–H groups in total. The molecule has 0 aliphatic carbocycles. The molecule has 2 aromatic rings. The summed E-state index contributed by atoms with van der Waals surface area (Å²) in [7, 11) is 0. The molecule has 0 aliphatic rings. The van der Waals surface area contributed by atoms with Crippen LogP contribution in [0.25, 0.3) is 10.9 Å². The highest BCUT2D eigenvalue weighted by atomic mass is 16.3. The molecule has 0 unspecified atom stereocenters. The number of rotatable bonds is 6. The van der Waals surface area contributed by atoms with Crippen molar-refractivity contribution in [3.8, 4) is 0 Å². The van der Waals surface area contributed by atoms with E-state index in [1.165, 1.54) is 22.0 Å². The third-order valence-corrected chi connectivity index (χ3v) is 3.43. The van der Waals surface area contributed by atoms with Gasteiger partial charge in [-0.25, -0.2) is 0 Å². The molecule has 0 fully saturated rings. The summed E-state index contributed by atoms with van der Waals surface area (Å²) in [5.74, 6) is 0. The maximum atomic E-state index is 9.12. The van der Waals surface area contributed by atoms with Crippen molar-refractivity contribution >= 4 is 10.9 Å². The first-order valence-electron chi connectivity index (χ1n) is 6.71. The number of aliphatic hydroxyl groups excluding tert-OH is 1. The van der Waals surface area contributed by atoms with E-state index in [1.807, 2.05) is 0 Å². The lowest BCUT2D eigenvalue weighted by Gasteiger charge is -2.03. The van der Waals surface area contributed by atoms with E-state index in [2.05, 4.69) is 35.9 Å². The molecule has 1 heterocycles. The second kappa shape index (κ2) is 6.03. The van der Waals surface area contributed by atoms with Gasteiger partial charge < -0.3 is 15.4 Å². The molecule has 1 aromatic carbocycles. The minimum atomic E-state index is 0.176. The maximum absolute atomic E-state index is 9.12. The standard InChI is InChI=1S/C15H22N2O/c1-2-12-5-6-15-14(10-12)13(4-3-7-16)11-17(15)8-9-18/h5-6,10-11,18H,2-4,7-9,16H2,1H3. The lowest BCUT2D eigenvalue weighted by atomic mass is 10.0. The van der Waals surface area contributed by atoms with Crippen LogP contribution in [0.4, 0.5) is 0 Å². The second-order valence-corrected chi connectivity index (χ2v) is 4.67. The zero-order valence-electron chi connectivity index (χ0n) is 11.0. The van der Waals surface area contributed by atoms with Crippen molar-refractivity contribution in [1.82, 2.24) is 4.57 Å². The molecule has 0 saturated carbocycles. The summed E-state index contributed by atoms with van der Waals surface area (Å²) in [5, 5.41) is 10.4. The van der Waals surface area contributed by atoms with Crippen molar-refractivity contribution in [1.29, 1.82) is 0 Å². The van der Waals surface area contributed by atoms with Gasteiger partial charge in [0, 0.05) is 23.6 Å². The molecule has 0 aliphatic heterocycles. The highest BCUT2D eigenvalue weighted by Gasteiger charge is 2.08. The molecule has 18 heavy (non-hydrogen) atoms. The Morgan fingerprint density at radius 1 is 1.33 bits per heavy atom. The molecule has 0 saturated heterocycles. The van der Waals surface area contributed by atoms with Gasteiger partial charge >= 0.3 is 0 Å². The first-order chi connectivity index (χ1) is 8.80. The SMILES string of the molecule is CCc1ccc2c(c1)c(CCCN)cn2CCO. The Bertz CT molecular complexity index is 516. The number of hydrogen-bond acceptors (Lipinski definition) is 2. The van der Waals surface area contributed by atoms with Crippen molar-refractivity contribution in [2.24, 2.45) is 5.73 Å². The lowest BCUT2D eigenvalue weighted by Crippen LogP contribution is -2.01. The largest absolute Gasteiger partial charge is 0.395 e. The molecule has 0 atom stereocenters. The molecule has 3 heteroatoms. The lowest BCUT2D eigenvalue weighted by molar-refractivity contribution is 0.278. The number of hydrogen-bond donors (Lipinski definition) is 2. The van der Waals surface area contributed by atoms with Gasteiger partial charge in [0.05, 0.1) is 6.61 Å². The fourth-order valence-corrected chi connectivity index (χ4v) is 2.42. The summed E-state index contributed by atoms with van der Waals surface area (Å²) >= 11 is 0. The fraction of sp³-hybridized carbons (Fsp3) is 0.467. The topological polar surface area (TPSA) is 51.2 Å². The number of nitrogens with zero attached hydrogens (tertiary/aromatic N) is 1. The molecule has 3 nitrogen and oxygen atoms in total. The van der Waals surface area contributed by atoms with E-state index in [-0.39, 0.29) is 6.61 Å². The van der Waals surface area contributed by atoms with Crippen LogP contribution < -0.4 is 5.73 Å². The zero-order chi connectivity index (χ0) is 13.0. The van der Waals surface area contributed by atoms with Crippen LogP contribution in [-0.2, 0) is 19.4 Å². The molecular formula is C15H22N2O. The van der Waals surface area contributed by atoms with Crippen LogP contribution in [0, 0.1) is 0 Å². The summed E-state index contributed by atoms with van der Waals surface area (Å²) in [6, 6.07) is 6.60. The maximum Gasteiger partial charge on any atom is 0.0610 e. The van der Waals surface area contributed by atoms with E-state index in [0.717, 1.165) is 25.8 Å². The Kier molecular flexibility index (Phi) is 4.39. The number of benzene rings is 1. The van der Waals surface area contributed by atoms with Crippen LogP contribution in [0.1, 0.15) is 24.5 Å². The molecule has 0 amide bonds. The quantitative estimate of drug-likeness (QED) is 0.820. The second-order valence-electron chi connectivity index (χ2n) is 4.67. The summed E-state index contributed by atoms with van der Waals surface area (Å²) in [6.07, 6.45) is 5.24. The van der Waals surface area contributed by atoms with E-state index in [9.17, 15) is 0 Å². The van der Waals surface area contributed by atoms with Crippen LogP contribution in [0.2, 0.25) is 0 Å². The van der Waals surface area contributed by atoms with Crippen LogP contribution in [0.15, 0.2) is 24.4 Å². The Morgan fingerprint density at radius 2 is 2.17 bits per heavy atom. The van der Waals surface area contributed by atoms with Gasteiger partial charge in [0.15, 0.2) is 0 Å². The Labute approximate surface area is 108 Å². The van der Waals surface area contributed by atoms with Gasteiger partial charge in [0.25, 0.3) is 0 Å². The third-order valence-electron chi connectivity index (χ3n) is 3.43. The Hall–Kier alpha value is -1.32. The number of fused-ring (bicyclic) bond motifs is 1. The summed E-state index contributed by atoms with van der Waals surface area (Å²) in [5.41, 5.74) is 9.52. The molecule has 1 aromatic heterocycles. The normalized spacial score (nSPS) is 11.3. The van der Waals surface area contributed by atoms with Crippen LogP contribution in [0.3, 0.4) is 0 Å². The molecule has 0 radical (unpaired) electrons. The van der Waals surface area contributed by atoms with E-state index in [4.69, 9.17) is 10.8 Å². The summed E-state index contributed by atoms with van der Waals surface area (Å²) in [6.45, 7) is 3.73. The minimum absolute atomic E-state index is 0.176. The van der Waals surface area contributed by atoms with Gasteiger partial charge in [0.1, 0.15) is 0 Å². The first-order valence-corrected chi connectivity index (χ1v) is 6.71. The van der Waals surface area contributed by atoms with Gasteiger partial charge in [-0.1, -0.05) is 13.0 Å². The Morgan fingerprint density at radius 3 is 2.83 bits per heavy atom. The number of aromatic nitrogens is 1. The monoisotopic (exact) mass is 246 g/mol. The van der Waals surface area contributed by atoms with Crippen molar-refractivity contribution in [3.05, 3.63) is 35.5 Å². The van der Waals surface area contributed by atoms with Crippen molar-refractivity contribution in [2.75, 3.05) is 13.2 Å². The van der Waals surface area contributed by atoms with E-state index in [0.29, 0.717) is 6.54 Å². The van der Waals surface area contributed by atoms with E-state index in [1.54, 1.807) is 0 Å². The summed E-state index contributed by atoms with van der Waals surface area (Å²) in [4.78, 5) is 0. The minimum Gasteiger partial charge on any atom is -0.395 e. The number of nitrogens with two attached hydrogens (primary N) is 1. The number of aliphatic hydroxyl groups is 1. The van der Waals surface area contributed by atoms with Gasteiger partial charge in [-0.15, -0.1) is 0 Å². The average Bonchev–Trinajstić information content (AvgIpc) is 2.74. The highest BCUT2D eigenvalue weighted by molar-refractivity contribution is 5.84. The molecular weight excluding hydrogens is 224 g/mol. The zero-order valence-corrected chi connectivity index (χ0v) is 11.0. The van der Waals surface area contributed by atoms with Gasteiger partial charge in [-0.2, -0.15) is 0 Å². The Balaban J connectivity index is 2.46. The average molecular weight is 246 g/mol. The van der Waals surface area contributed by atoms with Gasteiger partial charge in [-0.3, -0.25) is 0 Å². The molecule has 0 spiro atoms. The van der Waals surface area contributed by atoms with E-state index >= 15 is 0 Å². The third kappa shape index (κ3) is 2.57. The van der Waals surface area contributed by atoms with Crippen LogP contribution in [0.5, 0.6) is 0 Å². The predicted octanol–water partition coefficient (Wildman–Crippen LogP) is 2.09. The fourth-order valence-electron chi connectivity index (χ4n) is 2.42. The molecule has 0 bridgehead atoms. The van der Waals surface area contributed by atoms with E-state index < -0.39 is 0 Å².